The van der Waals surface area contributed by atoms with Crippen LogP contribution in [0.3, 0.4) is 0 Å². The van der Waals surface area contributed by atoms with Gasteiger partial charge >= 0.3 is 12.0 Å². The maximum absolute atomic E-state index is 12.7. The van der Waals surface area contributed by atoms with Crippen LogP contribution in [0.1, 0.15) is 66.6 Å². The minimum Gasteiger partial charge on any atom is -0.459 e. The van der Waals surface area contributed by atoms with Gasteiger partial charge in [0, 0.05) is 12.2 Å². The van der Waals surface area contributed by atoms with Crippen molar-refractivity contribution in [1.29, 1.82) is 0 Å². The van der Waals surface area contributed by atoms with Gasteiger partial charge in [-0.05, 0) is 69.7 Å². The smallest absolute Gasteiger partial charge is 0.338 e. The van der Waals surface area contributed by atoms with Crippen molar-refractivity contribution in [2.75, 3.05) is 11.9 Å². The van der Waals surface area contributed by atoms with Crippen LogP contribution in [0.5, 0.6) is 0 Å². The number of aromatic nitrogens is 3. The van der Waals surface area contributed by atoms with Gasteiger partial charge in [-0.25, -0.2) is 14.6 Å². The monoisotopic (exact) mass is 383 g/mol. The number of hydrogen-bond donors (Lipinski definition) is 2. The molecule has 2 heterocycles. The molecule has 2 aromatic rings. The van der Waals surface area contributed by atoms with Gasteiger partial charge in [0.25, 0.3) is 0 Å². The molecule has 1 aromatic carbocycles. The number of rotatable bonds is 4. The van der Waals surface area contributed by atoms with Crippen molar-refractivity contribution >= 4 is 17.7 Å². The number of aryl methyl sites for hydroxylation is 1. The van der Waals surface area contributed by atoms with Crippen LogP contribution in [0.25, 0.3) is 0 Å². The summed E-state index contributed by atoms with van der Waals surface area (Å²) >= 11 is 0. The van der Waals surface area contributed by atoms with Crippen molar-refractivity contribution in [3.05, 3.63) is 41.5 Å². The number of esters is 1. The number of likely N-dealkylation sites (tertiary alicyclic amines) is 1. The van der Waals surface area contributed by atoms with Crippen LogP contribution in [-0.4, -0.2) is 44.7 Å². The molecule has 4 rings (SSSR count). The van der Waals surface area contributed by atoms with E-state index in [9.17, 15) is 9.59 Å². The summed E-state index contributed by atoms with van der Waals surface area (Å²) in [5.74, 6) is 1.09. The summed E-state index contributed by atoms with van der Waals surface area (Å²) < 4.78 is 5.51. The normalized spacial score (nSPS) is 19.8. The van der Waals surface area contributed by atoms with Gasteiger partial charge in [0.15, 0.2) is 5.82 Å². The molecule has 1 saturated heterocycles. The molecule has 1 aliphatic heterocycles. The predicted octanol–water partition coefficient (Wildman–Crippen LogP) is 3.58. The van der Waals surface area contributed by atoms with Gasteiger partial charge < -0.3 is 15.0 Å². The molecule has 1 saturated carbocycles. The molecule has 0 spiro atoms. The average Bonchev–Trinajstić information content (AvgIpc) is 3.43. The van der Waals surface area contributed by atoms with E-state index in [1.54, 1.807) is 29.2 Å². The Kier molecular flexibility index (Phi) is 5.27. The van der Waals surface area contributed by atoms with E-state index in [0.29, 0.717) is 23.6 Å². The van der Waals surface area contributed by atoms with Crippen molar-refractivity contribution in [3.63, 3.8) is 0 Å². The lowest BCUT2D eigenvalue weighted by atomic mass is 10.2. The van der Waals surface area contributed by atoms with Crippen LogP contribution >= 0.6 is 0 Å². The molecule has 2 amide bonds. The second kappa shape index (κ2) is 8.00. The van der Waals surface area contributed by atoms with Gasteiger partial charge in [-0.3, -0.25) is 5.10 Å². The Morgan fingerprint density at radius 2 is 1.89 bits per heavy atom. The quantitative estimate of drug-likeness (QED) is 0.786. The van der Waals surface area contributed by atoms with Crippen LogP contribution in [-0.2, 0) is 4.74 Å². The molecule has 8 heteroatoms. The van der Waals surface area contributed by atoms with Crippen molar-refractivity contribution < 1.29 is 14.3 Å². The first-order valence-corrected chi connectivity index (χ1v) is 9.88. The number of urea groups is 1. The van der Waals surface area contributed by atoms with E-state index in [2.05, 4.69) is 20.5 Å². The van der Waals surface area contributed by atoms with Gasteiger partial charge in [0.05, 0.1) is 11.6 Å². The third-order valence-electron chi connectivity index (χ3n) is 5.37. The highest BCUT2D eigenvalue weighted by atomic mass is 16.5. The number of aromatic amines is 1. The number of nitrogens with zero attached hydrogens (tertiary/aromatic N) is 3. The average molecular weight is 383 g/mol. The van der Waals surface area contributed by atoms with Gasteiger partial charge in [-0.1, -0.05) is 0 Å². The Balaban J connectivity index is 1.37. The highest BCUT2D eigenvalue weighted by Crippen LogP contribution is 2.30. The Hall–Kier alpha value is -2.90. The summed E-state index contributed by atoms with van der Waals surface area (Å²) in [6, 6.07) is 6.52. The van der Waals surface area contributed by atoms with Crippen LogP contribution in [0.4, 0.5) is 10.5 Å². The Morgan fingerprint density at radius 3 is 2.57 bits per heavy atom. The lowest BCUT2D eigenvalue weighted by Gasteiger charge is -2.23. The topological polar surface area (TPSA) is 100 Å². The largest absolute Gasteiger partial charge is 0.459 e. The standard InChI is InChI=1S/C20H25N5O3/c1-13-21-18(24-23-13)17-7-4-12-25(17)20(27)22-15-10-8-14(9-11-15)19(26)28-16-5-2-3-6-16/h8-11,16-17H,2-7,12H2,1H3,(H,22,27)(H,21,23,24)/t17-/m1/s1. The maximum Gasteiger partial charge on any atom is 0.338 e. The zero-order valence-electron chi connectivity index (χ0n) is 16.0. The molecule has 8 nitrogen and oxygen atoms in total. The molecule has 0 bridgehead atoms. The van der Waals surface area contributed by atoms with E-state index in [-0.39, 0.29) is 24.1 Å². The fourth-order valence-electron chi connectivity index (χ4n) is 3.90. The zero-order valence-corrected chi connectivity index (χ0v) is 16.0. The van der Waals surface area contributed by atoms with Crippen molar-refractivity contribution in [2.24, 2.45) is 0 Å². The Bertz CT molecular complexity index is 842. The molecule has 0 radical (unpaired) electrons. The first-order chi connectivity index (χ1) is 13.6. The first kappa shape index (κ1) is 18.5. The van der Waals surface area contributed by atoms with E-state index >= 15 is 0 Å². The molecular formula is C20H25N5O3. The number of hydrogen-bond acceptors (Lipinski definition) is 5. The Labute approximate surface area is 163 Å². The van der Waals surface area contributed by atoms with Crippen LogP contribution in [0, 0.1) is 6.92 Å². The molecule has 2 fully saturated rings. The van der Waals surface area contributed by atoms with Crippen molar-refractivity contribution in [3.8, 4) is 0 Å². The summed E-state index contributed by atoms with van der Waals surface area (Å²) in [5, 5.41) is 9.93. The van der Waals surface area contributed by atoms with Gasteiger partial charge in [-0.2, -0.15) is 5.10 Å². The maximum atomic E-state index is 12.7. The summed E-state index contributed by atoms with van der Waals surface area (Å²) in [7, 11) is 0. The van der Waals surface area contributed by atoms with E-state index in [0.717, 1.165) is 44.3 Å². The lowest BCUT2D eigenvalue weighted by molar-refractivity contribution is 0.0318. The van der Waals surface area contributed by atoms with Gasteiger partial charge in [0.1, 0.15) is 11.9 Å². The minimum absolute atomic E-state index is 0.0401. The number of benzene rings is 1. The second-order valence-electron chi connectivity index (χ2n) is 7.45. The van der Waals surface area contributed by atoms with Crippen LogP contribution in [0.15, 0.2) is 24.3 Å². The summed E-state index contributed by atoms with van der Waals surface area (Å²) in [4.78, 5) is 31.0. The number of nitrogens with one attached hydrogen (secondary N) is 2. The highest BCUT2D eigenvalue weighted by Gasteiger charge is 2.32. The zero-order chi connectivity index (χ0) is 19.5. The molecule has 1 aliphatic carbocycles. The van der Waals surface area contributed by atoms with Crippen molar-refractivity contribution in [2.45, 2.75) is 57.6 Å². The van der Waals surface area contributed by atoms with E-state index in [1.807, 2.05) is 6.92 Å². The third kappa shape index (κ3) is 4.00. The summed E-state index contributed by atoms with van der Waals surface area (Å²) in [5.41, 5.74) is 1.14. The first-order valence-electron chi connectivity index (χ1n) is 9.88. The minimum atomic E-state index is -0.302. The van der Waals surface area contributed by atoms with Gasteiger partial charge in [-0.15, -0.1) is 0 Å². The Morgan fingerprint density at radius 1 is 1.14 bits per heavy atom. The van der Waals surface area contributed by atoms with Gasteiger partial charge in [0.2, 0.25) is 0 Å². The number of carbonyl (C=O) groups excluding carboxylic acids is 2. The molecule has 1 aromatic heterocycles. The molecule has 0 unspecified atom stereocenters. The molecule has 148 valence electrons. The third-order valence-corrected chi connectivity index (χ3v) is 5.37. The SMILES string of the molecule is Cc1nc([C@H]2CCCN2C(=O)Nc2ccc(C(=O)OC3CCCC3)cc2)n[nH]1. The number of H-pyrrole nitrogens is 1. The number of carbonyl (C=O) groups is 2. The number of amides is 2. The fourth-order valence-corrected chi connectivity index (χ4v) is 3.90. The van der Waals surface area contributed by atoms with E-state index in [1.165, 1.54) is 0 Å². The van der Waals surface area contributed by atoms with E-state index in [4.69, 9.17) is 4.74 Å². The predicted molar refractivity (Wildman–Crippen MR) is 103 cm³/mol. The fraction of sp³-hybridized carbons (Fsp3) is 0.500. The summed E-state index contributed by atoms with van der Waals surface area (Å²) in [6.45, 7) is 2.50. The lowest BCUT2D eigenvalue weighted by Crippen LogP contribution is -2.34. The molecule has 1 atom stereocenters. The molecular weight excluding hydrogens is 358 g/mol. The van der Waals surface area contributed by atoms with E-state index < -0.39 is 0 Å². The highest BCUT2D eigenvalue weighted by molar-refractivity contribution is 5.92. The van der Waals surface area contributed by atoms with Crippen molar-refractivity contribution in [1.82, 2.24) is 20.1 Å². The second-order valence-corrected chi connectivity index (χ2v) is 7.45. The molecule has 2 N–H and O–H groups in total. The summed E-state index contributed by atoms with van der Waals surface area (Å²) in [6.07, 6.45) is 5.93. The van der Waals surface area contributed by atoms with Crippen LogP contribution < -0.4 is 5.32 Å². The van der Waals surface area contributed by atoms with Crippen LogP contribution in [0.2, 0.25) is 0 Å². The molecule has 2 aliphatic rings. The molecule has 28 heavy (non-hydrogen) atoms. The number of anilines is 1. The number of ether oxygens (including phenoxy) is 1.